The molecular weight excluding hydrogens is 359 g/mol. The summed E-state index contributed by atoms with van der Waals surface area (Å²) in [5.41, 5.74) is 2.29. The Balaban J connectivity index is 1.58. The van der Waals surface area contributed by atoms with Crippen molar-refractivity contribution in [2.75, 3.05) is 31.6 Å². The lowest BCUT2D eigenvalue weighted by molar-refractivity contribution is -0.123. The molecule has 1 aliphatic heterocycles. The average molecular weight is 380 g/mol. The van der Waals surface area contributed by atoms with Crippen molar-refractivity contribution >= 4 is 11.6 Å². The molecular formula is C21H21FN4O2. The van der Waals surface area contributed by atoms with Gasteiger partial charge in [0.15, 0.2) is 0 Å². The number of aromatic nitrogens is 2. The summed E-state index contributed by atoms with van der Waals surface area (Å²) < 4.78 is 20.5. The minimum Gasteiger partial charge on any atom is -0.379 e. The number of benzene rings is 2. The van der Waals surface area contributed by atoms with Crippen molar-refractivity contribution in [1.82, 2.24) is 14.7 Å². The summed E-state index contributed by atoms with van der Waals surface area (Å²) in [5.74, 6) is -0.483. The molecule has 0 saturated carbocycles. The van der Waals surface area contributed by atoms with E-state index in [1.54, 1.807) is 23.0 Å². The fraction of sp³-hybridized carbons (Fsp3) is 0.238. The summed E-state index contributed by atoms with van der Waals surface area (Å²) in [5, 5.41) is 7.22. The highest BCUT2D eigenvalue weighted by atomic mass is 19.1. The third-order valence-corrected chi connectivity index (χ3v) is 4.73. The van der Waals surface area contributed by atoms with Crippen molar-refractivity contribution in [2.24, 2.45) is 0 Å². The van der Waals surface area contributed by atoms with Gasteiger partial charge in [-0.25, -0.2) is 9.07 Å². The lowest BCUT2D eigenvalue weighted by Gasteiger charge is -2.33. The fourth-order valence-electron chi connectivity index (χ4n) is 3.37. The molecule has 0 spiro atoms. The summed E-state index contributed by atoms with van der Waals surface area (Å²) in [4.78, 5) is 15.2. The third-order valence-electron chi connectivity index (χ3n) is 4.73. The van der Waals surface area contributed by atoms with Crippen LogP contribution in [0.2, 0.25) is 0 Å². The minimum absolute atomic E-state index is 0.161. The Hall–Kier alpha value is -3.03. The molecule has 1 atom stereocenters. The number of rotatable bonds is 5. The van der Waals surface area contributed by atoms with Crippen LogP contribution in [0.1, 0.15) is 11.6 Å². The Labute approximate surface area is 162 Å². The molecule has 28 heavy (non-hydrogen) atoms. The topological polar surface area (TPSA) is 59.4 Å². The van der Waals surface area contributed by atoms with Crippen molar-refractivity contribution in [3.8, 4) is 5.69 Å². The summed E-state index contributed by atoms with van der Waals surface area (Å²) in [7, 11) is 0. The number of nitrogens with zero attached hydrogens (tertiary/aromatic N) is 3. The van der Waals surface area contributed by atoms with E-state index in [1.807, 2.05) is 36.5 Å². The quantitative estimate of drug-likeness (QED) is 0.739. The van der Waals surface area contributed by atoms with E-state index in [4.69, 9.17) is 4.74 Å². The van der Waals surface area contributed by atoms with E-state index in [-0.39, 0.29) is 11.7 Å². The Morgan fingerprint density at radius 2 is 1.89 bits per heavy atom. The van der Waals surface area contributed by atoms with Gasteiger partial charge in [0, 0.05) is 31.2 Å². The van der Waals surface area contributed by atoms with Crippen LogP contribution in [-0.4, -0.2) is 46.9 Å². The standard InChI is InChI=1S/C21H21FN4O2/c22-17-7-5-16(6-8-17)20(25-11-13-28-14-12-25)21(27)24-18-3-1-4-19(15-18)26-10-2-9-23-26/h1-10,15,20H,11-14H2,(H,24,27)/t20-/m1/s1. The third kappa shape index (κ3) is 4.11. The second kappa shape index (κ2) is 8.33. The molecule has 0 unspecified atom stereocenters. The molecule has 0 radical (unpaired) electrons. The van der Waals surface area contributed by atoms with Crippen LogP contribution in [0.25, 0.3) is 5.69 Å². The minimum atomic E-state index is -0.516. The first-order chi connectivity index (χ1) is 13.7. The van der Waals surface area contributed by atoms with Crippen LogP contribution in [0.4, 0.5) is 10.1 Å². The van der Waals surface area contributed by atoms with Crippen LogP contribution in [0.15, 0.2) is 67.0 Å². The molecule has 1 aliphatic rings. The largest absolute Gasteiger partial charge is 0.379 e. The smallest absolute Gasteiger partial charge is 0.246 e. The van der Waals surface area contributed by atoms with Gasteiger partial charge in [-0.3, -0.25) is 9.69 Å². The van der Waals surface area contributed by atoms with E-state index in [0.717, 1.165) is 11.3 Å². The molecule has 2 aromatic carbocycles. The Bertz CT molecular complexity index is 922. The number of carbonyl (C=O) groups is 1. The second-order valence-corrected chi connectivity index (χ2v) is 6.59. The number of carbonyl (C=O) groups excluding carboxylic acids is 1. The number of ether oxygens (including phenoxy) is 1. The highest BCUT2D eigenvalue weighted by molar-refractivity contribution is 5.95. The summed E-state index contributed by atoms with van der Waals surface area (Å²) in [6, 6.07) is 14.9. The summed E-state index contributed by atoms with van der Waals surface area (Å²) >= 11 is 0. The molecule has 144 valence electrons. The highest BCUT2D eigenvalue weighted by Crippen LogP contribution is 2.25. The molecule has 6 nitrogen and oxygen atoms in total. The molecule has 1 amide bonds. The van der Waals surface area contributed by atoms with Crippen LogP contribution in [0.5, 0.6) is 0 Å². The molecule has 2 heterocycles. The van der Waals surface area contributed by atoms with Crippen molar-refractivity contribution in [2.45, 2.75) is 6.04 Å². The number of morpholine rings is 1. The monoisotopic (exact) mass is 380 g/mol. The van der Waals surface area contributed by atoms with E-state index in [1.165, 1.54) is 12.1 Å². The molecule has 1 saturated heterocycles. The maximum atomic E-state index is 13.4. The van der Waals surface area contributed by atoms with Gasteiger partial charge in [-0.2, -0.15) is 5.10 Å². The number of anilines is 1. The highest BCUT2D eigenvalue weighted by Gasteiger charge is 2.29. The number of nitrogens with one attached hydrogen (secondary N) is 1. The molecule has 1 aromatic heterocycles. The maximum absolute atomic E-state index is 13.4. The van der Waals surface area contributed by atoms with E-state index in [2.05, 4.69) is 15.3 Å². The zero-order valence-electron chi connectivity index (χ0n) is 15.3. The van der Waals surface area contributed by atoms with Crippen molar-refractivity contribution < 1.29 is 13.9 Å². The number of halogens is 1. The van der Waals surface area contributed by atoms with Gasteiger partial charge in [-0.05, 0) is 42.0 Å². The van der Waals surface area contributed by atoms with Crippen molar-refractivity contribution in [3.63, 3.8) is 0 Å². The van der Waals surface area contributed by atoms with Crippen molar-refractivity contribution in [3.05, 3.63) is 78.4 Å². The van der Waals surface area contributed by atoms with Crippen LogP contribution in [0, 0.1) is 5.82 Å². The Kier molecular flexibility index (Phi) is 5.45. The Morgan fingerprint density at radius 1 is 1.11 bits per heavy atom. The average Bonchev–Trinajstić information content (AvgIpc) is 3.26. The van der Waals surface area contributed by atoms with Gasteiger partial charge in [0.1, 0.15) is 11.9 Å². The van der Waals surface area contributed by atoms with E-state index in [9.17, 15) is 9.18 Å². The van der Waals surface area contributed by atoms with E-state index >= 15 is 0 Å². The van der Waals surface area contributed by atoms with Crippen LogP contribution < -0.4 is 5.32 Å². The predicted octanol–water partition coefficient (Wildman–Crippen LogP) is 3.02. The van der Waals surface area contributed by atoms with Crippen molar-refractivity contribution in [1.29, 1.82) is 0 Å². The molecule has 1 N–H and O–H groups in total. The molecule has 3 aromatic rings. The molecule has 4 rings (SSSR count). The van der Waals surface area contributed by atoms with Gasteiger partial charge < -0.3 is 10.1 Å². The van der Waals surface area contributed by atoms with E-state index in [0.29, 0.717) is 32.0 Å². The first-order valence-electron chi connectivity index (χ1n) is 9.19. The van der Waals surface area contributed by atoms with Crippen LogP contribution >= 0.6 is 0 Å². The maximum Gasteiger partial charge on any atom is 0.246 e. The zero-order valence-corrected chi connectivity index (χ0v) is 15.3. The van der Waals surface area contributed by atoms with Gasteiger partial charge in [0.2, 0.25) is 5.91 Å². The van der Waals surface area contributed by atoms with Crippen LogP contribution in [-0.2, 0) is 9.53 Å². The Morgan fingerprint density at radius 3 is 2.61 bits per heavy atom. The summed E-state index contributed by atoms with van der Waals surface area (Å²) in [6.07, 6.45) is 3.55. The fourth-order valence-corrected chi connectivity index (χ4v) is 3.37. The number of hydrogen-bond donors (Lipinski definition) is 1. The van der Waals surface area contributed by atoms with Gasteiger partial charge in [-0.15, -0.1) is 0 Å². The van der Waals surface area contributed by atoms with Crippen LogP contribution in [0.3, 0.4) is 0 Å². The molecule has 0 aliphatic carbocycles. The molecule has 7 heteroatoms. The predicted molar refractivity (Wildman–Crippen MR) is 104 cm³/mol. The second-order valence-electron chi connectivity index (χ2n) is 6.59. The van der Waals surface area contributed by atoms with Gasteiger partial charge in [0.05, 0.1) is 18.9 Å². The van der Waals surface area contributed by atoms with Gasteiger partial charge in [-0.1, -0.05) is 18.2 Å². The lowest BCUT2D eigenvalue weighted by Crippen LogP contribution is -2.43. The number of amides is 1. The first-order valence-corrected chi connectivity index (χ1v) is 9.19. The lowest BCUT2D eigenvalue weighted by atomic mass is 10.0. The van der Waals surface area contributed by atoms with E-state index < -0.39 is 6.04 Å². The number of hydrogen-bond acceptors (Lipinski definition) is 4. The normalized spacial score (nSPS) is 15.9. The first kappa shape index (κ1) is 18.3. The zero-order chi connectivity index (χ0) is 19.3. The van der Waals surface area contributed by atoms with Gasteiger partial charge in [0.25, 0.3) is 0 Å². The molecule has 0 bridgehead atoms. The SMILES string of the molecule is O=C(Nc1cccc(-n2cccn2)c1)[C@@H](c1ccc(F)cc1)N1CCOCC1. The van der Waals surface area contributed by atoms with Gasteiger partial charge >= 0.3 is 0 Å². The molecule has 1 fully saturated rings. The summed E-state index contributed by atoms with van der Waals surface area (Å²) in [6.45, 7) is 2.42.